The number of hydrogen-bond acceptors (Lipinski definition) is 5. The molecule has 0 amide bonds. The Hall–Kier alpha value is -1.34. The van der Waals surface area contributed by atoms with Gasteiger partial charge in [0, 0.05) is 32.9 Å². The molecule has 1 N–H and O–H groups in total. The van der Waals surface area contributed by atoms with Crippen LogP contribution in [0.1, 0.15) is 18.5 Å². The van der Waals surface area contributed by atoms with E-state index in [-0.39, 0.29) is 6.54 Å². The Morgan fingerprint density at radius 2 is 2.10 bits per heavy atom. The number of hydrogen-bond donors (Lipinski definition) is 1. The maximum absolute atomic E-state index is 12.3. The van der Waals surface area contributed by atoms with Crippen LogP contribution in [0, 0.1) is 0 Å². The van der Waals surface area contributed by atoms with Gasteiger partial charge in [-0.2, -0.15) is 0 Å². The van der Waals surface area contributed by atoms with Gasteiger partial charge in [-0.15, -0.1) is 0 Å². The third-order valence-corrected chi connectivity index (χ3v) is 3.66. The summed E-state index contributed by atoms with van der Waals surface area (Å²) < 4.78 is 24.6. The number of halogens is 2. The number of piperidine rings is 1. The van der Waals surface area contributed by atoms with Crippen molar-refractivity contribution in [3.63, 3.8) is 0 Å². The van der Waals surface area contributed by atoms with Gasteiger partial charge in [-0.25, -0.2) is 18.7 Å². The standard InChI is InChI=1S/C14H23F2N5/c1-20(2)14-17-6-3-12(19-14)9-18-11-4-7-21(8-5-11)10-13(15)16/h3,6,11,13,18H,4-5,7-10H2,1-2H3. The molecule has 118 valence electrons. The number of rotatable bonds is 6. The maximum atomic E-state index is 12.3. The predicted octanol–water partition coefficient (Wildman–Crippen LogP) is 1.36. The van der Waals surface area contributed by atoms with Crippen molar-refractivity contribution in [1.29, 1.82) is 0 Å². The summed E-state index contributed by atoms with van der Waals surface area (Å²) in [6.07, 6.45) is 1.32. The minimum Gasteiger partial charge on any atom is -0.347 e. The summed E-state index contributed by atoms with van der Waals surface area (Å²) in [5, 5.41) is 3.45. The highest BCUT2D eigenvalue weighted by molar-refractivity contribution is 5.26. The molecular weight excluding hydrogens is 276 g/mol. The zero-order chi connectivity index (χ0) is 15.2. The molecule has 1 saturated heterocycles. The van der Waals surface area contributed by atoms with E-state index in [9.17, 15) is 8.78 Å². The molecule has 1 aromatic heterocycles. The van der Waals surface area contributed by atoms with Crippen molar-refractivity contribution in [3.8, 4) is 0 Å². The Balaban J connectivity index is 1.76. The van der Waals surface area contributed by atoms with Gasteiger partial charge >= 0.3 is 0 Å². The Kier molecular flexibility index (Phi) is 5.81. The van der Waals surface area contributed by atoms with Crippen molar-refractivity contribution in [2.75, 3.05) is 38.6 Å². The zero-order valence-corrected chi connectivity index (χ0v) is 12.6. The van der Waals surface area contributed by atoms with Crippen LogP contribution in [0.2, 0.25) is 0 Å². The highest BCUT2D eigenvalue weighted by Gasteiger charge is 2.21. The molecule has 7 heteroatoms. The van der Waals surface area contributed by atoms with Crippen LogP contribution in [0.5, 0.6) is 0 Å². The van der Waals surface area contributed by atoms with Crippen molar-refractivity contribution in [1.82, 2.24) is 20.2 Å². The van der Waals surface area contributed by atoms with E-state index in [0.29, 0.717) is 18.5 Å². The Morgan fingerprint density at radius 3 is 2.71 bits per heavy atom. The molecule has 1 fully saturated rings. The summed E-state index contributed by atoms with van der Waals surface area (Å²) in [6.45, 7) is 2.04. The lowest BCUT2D eigenvalue weighted by Gasteiger charge is -2.32. The summed E-state index contributed by atoms with van der Waals surface area (Å²) in [4.78, 5) is 12.3. The molecule has 1 aromatic rings. The third-order valence-electron chi connectivity index (χ3n) is 3.66. The molecule has 0 radical (unpaired) electrons. The first-order valence-electron chi connectivity index (χ1n) is 7.27. The van der Waals surface area contributed by atoms with Crippen LogP contribution in [0.25, 0.3) is 0 Å². The van der Waals surface area contributed by atoms with E-state index in [4.69, 9.17) is 0 Å². The van der Waals surface area contributed by atoms with Gasteiger partial charge in [0.15, 0.2) is 0 Å². The largest absolute Gasteiger partial charge is 0.347 e. The predicted molar refractivity (Wildman–Crippen MR) is 78.7 cm³/mol. The van der Waals surface area contributed by atoms with Gasteiger partial charge in [-0.05, 0) is 32.0 Å². The quantitative estimate of drug-likeness (QED) is 0.859. The number of anilines is 1. The molecule has 1 aliphatic rings. The molecule has 0 aliphatic carbocycles. The fourth-order valence-electron chi connectivity index (χ4n) is 2.46. The van der Waals surface area contributed by atoms with Gasteiger partial charge in [0.2, 0.25) is 5.95 Å². The summed E-state index contributed by atoms with van der Waals surface area (Å²) >= 11 is 0. The fraction of sp³-hybridized carbons (Fsp3) is 0.714. The van der Waals surface area contributed by atoms with E-state index in [2.05, 4.69) is 15.3 Å². The molecular formula is C14H23F2N5. The molecule has 1 aliphatic heterocycles. The molecule has 0 spiro atoms. The second kappa shape index (κ2) is 7.61. The van der Waals surface area contributed by atoms with Gasteiger partial charge in [-0.3, -0.25) is 4.90 Å². The van der Waals surface area contributed by atoms with Gasteiger partial charge < -0.3 is 10.2 Å². The van der Waals surface area contributed by atoms with Crippen molar-refractivity contribution < 1.29 is 8.78 Å². The molecule has 0 saturated carbocycles. The van der Waals surface area contributed by atoms with Crippen LogP contribution in [0.4, 0.5) is 14.7 Å². The molecule has 2 rings (SSSR count). The molecule has 2 heterocycles. The molecule has 0 unspecified atom stereocenters. The number of nitrogens with one attached hydrogen (secondary N) is 1. The van der Waals surface area contributed by atoms with Gasteiger partial charge in [0.1, 0.15) is 0 Å². The van der Waals surface area contributed by atoms with E-state index in [1.54, 1.807) is 6.20 Å². The number of alkyl halides is 2. The van der Waals surface area contributed by atoms with Gasteiger partial charge in [-0.1, -0.05) is 0 Å². The van der Waals surface area contributed by atoms with Crippen LogP contribution in [-0.4, -0.2) is 61.1 Å². The molecule has 5 nitrogen and oxygen atoms in total. The summed E-state index contributed by atoms with van der Waals surface area (Å²) in [6, 6.07) is 2.27. The van der Waals surface area contributed by atoms with Crippen LogP contribution >= 0.6 is 0 Å². The highest BCUT2D eigenvalue weighted by atomic mass is 19.3. The Morgan fingerprint density at radius 1 is 1.38 bits per heavy atom. The van der Waals surface area contributed by atoms with E-state index < -0.39 is 6.43 Å². The van der Waals surface area contributed by atoms with Crippen LogP contribution in [0.3, 0.4) is 0 Å². The van der Waals surface area contributed by atoms with E-state index in [1.807, 2.05) is 30.0 Å². The summed E-state index contributed by atoms with van der Waals surface area (Å²) in [5.74, 6) is 0.695. The van der Waals surface area contributed by atoms with Crippen molar-refractivity contribution in [3.05, 3.63) is 18.0 Å². The maximum Gasteiger partial charge on any atom is 0.251 e. The van der Waals surface area contributed by atoms with E-state index >= 15 is 0 Å². The Labute approximate surface area is 124 Å². The number of nitrogens with zero attached hydrogens (tertiary/aromatic N) is 4. The second-order valence-electron chi connectivity index (χ2n) is 5.59. The normalized spacial score (nSPS) is 17.4. The minimum atomic E-state index is -2.24. The topological polar surface area (TPSA) is 44.3 Å². The second-order valence-corrected chi connectivity index (χ2v) is 5.59. The smallest absolute Gasteiger partial charge is 0.251 e. The van der Waals surface area contributed by atoms with Crippen LogP contribution in [0.15, 0.2) is 12.3 Å². The lowest BCUT2D eigenvalue weighted by atomic mass is 10.1. The molecule has 0 aromatic carbocycles. The minimum absolute atomic E-state index is 0.106. The molecule has 21 heavy (non-hydrogen) atoms. The van der Waals surface area contributed by atoms with Crippen molar-refractivity contribution in [2.24, 2.45) is 0 Å². The summed E-state index contributed by atoms with van der Waals surface area (Å²) in [7, 11) is 3.82. The number of aromatic nitrogens is 2. The zero-order valence-electron chi connectivity index (χ0n) is 12.6. The average molecular weight is 299 g/mol. The Bertz CT molecular complexity index is 433. The lowest BCUT2D eigenvalue weighted by Crippen LogP contribution is -2.43. The lowest BCUT2D eigenvalue weighted by molar-refractivity contribution is 0.0729. The monoisotopic (exact) mass is 299 g/mol. The van der Waals surface area contributed by atoms with E-state index in [0.717, 1.165) is 31.6 Å². The van der Waals surface area contributed by atoms with E-state index in [1.165, 1.54) is 0 Å². The van der Waals surface area contributed by atoms with Crippen molar-refractivity contribution in [2.45, 2.75) is 31.9 Å². The fourth-order valence-corrected chi connectivity index (χ4v) is 2.46. The first kappa shape index (κ1) is 16.0. The van der Waals surface area contributed by atoms with Gasteiger partial charge in [0.05, 0.1) is 12.2 Å². The first-order chi connectivity index (χ1) is 10.0. The SMILES string of the molecule is CN(C)c1nccc(CNC2CCN(CC(F)F)CC2)n1. The van der Waals surface area contributed by atoms with Gasteiger partial charge in [0.25, 0.3) is 6.43 Å². The van der Waals surface area contributed by atoms with Crippen LogP contribution in [-0.2, 0) is 6.54 Å². The first-order valence-corrected chi connectivity index (χ1v) is 7.27. The highest BCUT2D eigenvalue weighted by Crippen LogP contribution is 2.12. The summed E-state index contributed by atoms with van der Waals surface area (Å²) in [5.41, 5.74) is 0.948. The van der Waals surface area contributed by atoms with Crippen molar-refractivity contribution >= 4 is 5.95 Å². The molecule has 0 bridgehead atoms. The number of likely N-dealkylation sites (tertiary alicyclic amines) is 1. The molecule has 0 atom stereocenters. The third kappa shape index (κ3) is 5.17. The van der Waals surface area contributed by atoms with Crippen LogP contribution < -0.4 is 10.2 Å². The average Bonchev–Trinajstić information content (AvgIpc) is 2.46.